The van der Waals surface area contributed by atoms with E-state index in [2.05, 4.69) is 30.9 Å². The zero-order valence-electron chi connectivity index (χ0n) is 6.92. The Hall–Kier alpha value is -0.900. The number of rotatable bonds is 1. The minimum atomic E-state index is 0.654. The second-order valence-electron chi connectivity index (χ2n) is 3.39. The maximum Gasteiger partial charge on any atom is 0.178 e. The van der Waals surface area contributed by atoms with Gasteiger partial charge in [0.15, 0.2) is 5.65 Å². The Morgan fingerprint density at radius 3 is 3.00 bits per heavy atom. The molecule has 0 atom stereocenters. The highest BCUT2D eigenvalue weighted by atomic mass is 79.9. The van der Waals surface area contributed by atoms with Crippen molar-refractivity contribution in [3.8, 4) is 0 Å². The molecule has 1 fully saturated rings. The lowest BCUT2D eigenvalue weighted by atomic mass is 10.4. The number of halogens is 1. The lowest BCUT2D eigenvalue weighted by Gasteiger charge is -1.88. The molecule has 1 saturated carbocycles. The molecular weight excluding hydrogens is 230 g/mol. The first-order chi connectivity index (χ1) is 6.34. The predicted molar refractivity (Wildman–Crippen MR) is 53.6 cm³/mol. The summed E-state index contributed by atoms with van der Waals surface area (Å²) in [5.74, 6) is 1.75. The van der Waals surface area contributed by atoms with Crippen LogP contribution in [0.4, 0.5) is 0 Å². The van der Waals surface area contributed by atoms with Crippen LogP contribution in [-0.2, 0) is 0 Å². The van der Waals surface area contributed by atoms with Gasteiger partial charge in [-0.25, -0.2) is 9.97 Å². The summed E-state index contributed by atoms with van der Waals surface area (Å²) in [6.07, 6.45) is 4.29. The maximum atomic E-state index is 4.44. The van der Waals surface area contributed by atoms with Crippen molar-refractivity contribution >= 4 is 27.1 Å². The van der Waals surface area contributed by atoms with Crippen molar-refractivity contribution < 1.29 is 0 Å². The smallest absolute Gasteiger partial charge is 0.178 e. The Morgan fingerprint density at radius 1 is 1.46 bits per heavy atom. The molecule has 0 radical (unpaired) electrons. The van der Waals surface area contributed by atoms with Crippen molar-refractivity contribution in [2.75, 3.05) is 0 Å². The van der Waals surface area contributed by atoms with Gasteiger partial charge in [0.1, 0.15) is 5.82 Å². The van der Waals surface area contributed by atoms with Crippen LogP contribution in [0.15, 0.2) is 16.7 Å². The van der Waals surface area contributed by atoms with E-state index in [1.165, 1.54) is 12.8 Å². The fourth-order valence-corrected chi connectivity index (χ4v) is 1.84. The summed E-state index contributed by atoms with van der Waals surface area (Å²) in [5.41, 5.74) is 1.83. The van der Waals surface area contributed by atoms with Gasteiger partial charge in [0.2, 0.25) is 0 Å². The number of pyridine rings is 1. The minimum absolute atomic E-state index is 0.654. The molecule has 13 heavy (non-hydrogen) atoms. The number of imidazole rings is 1. The average molecular weight is 238 g/mol. The molecule has 2 aromatic heterocycles. The fourth-order valence-electron chi connectivity index (χ4n) is 1.45. The number of hydrogen-bond acceptors (Lipinski definition) is 2. The highest BCUT2D eigenvalue weighted by molar-refractivity contribution is 9.10. The summed E-state index contributed by atoms with van der Waals surface area (Å²) in [4.78, 5) is 11.9. The molecule has 0 aliphatic heterocycles. The van der Waals surface area contributed by atoms with E-state index in [-0.39, 0.29) is 0 Å². The van der Waals surface area contributed by atoms with Crippen molar-refractivity contribution in [1.82, 2.24) is 15.0 Å². The summed E-state index contributed by atoms with van der Waals surface area (Å²) < 4.78 is 1.04. The molecule has 3 nitrogen and oxygen atoms in total. The molecule has 0 unspecified atom stereocenters. The molecule has 0 bridgehead atoms. The summed E-state index contributed by atoms with van der Waals surface area (Å²) in [6, 6.07) is 1.93. The molecule has 0 spiro atoms. The monoisotopic (exact) mass is 237 g/mol. The highest BCUT2D eigenvalue weighted by Gasteiger charge is 2.27. The molecule has 1 aliphatic rings. The topological polar surface area (TPSA) is 41.6 Å². The quantitative estimate of drug-likeness (QED) is 0.829. The van der Waals surface area contributed by atoms with Gasteiger partial charge in [-0.15, -0.1) is 0 Å². The molecule has 0 aromatic carbocycles. The molecule has 4 heteroatoms. The van der Waals surface area contributed by atoms with E-state index in [1.807, 2.05) is 6.07 Å². The maximum absolute atomic E-state index is 4.44. The Balaban J connectivity index is 2.26. The Morgan fingerprint density at radius 2 is 2.31 bits per heavy atom. The number of H-pyrrole nitrogens is 1. The van der Waals surface area contributed by atoms with E-state index in [9.17, 15) is 0 Å². The standard InChI is InChI=1S/C9H8BrN3/c10-6-3-4-11-9-7(6)12-8(13-9)5-1-2-5/h3-5H,1-2H2,(H,11,12,13). The first-order valence-electron chi connectivity index (χ1n) is 4.35. The molecule has 2 aromatic rings. The third-order valence-corrected chi connectivity index (χ3v) is 2.98. The van der Waals surface area contributed by atoms with Crippen molar-refractivity contribution in [2.24, 2.45) is 0 Å². The first kappa shape index (κ1) is 7.50. The van der Waals surface area contributed by atoms with Crippen LogP contribution in [0.25, 0.3) is 11.2 Å². The van der Waals surface area contributed by atoms with Gasteiger partial charge >= 0.3 is 0 Å². The largest absolute Gasteiger partial charge is 0.339 e. The number of aromatic amines is 1. The van der Waals surface area contributed by atoms with E-state index >= 15 is 0 Å². The van der Waals surface area contributed by atoms with Crippen LogP contribution < -0.4 is 0 Å². The summed E-state index contributed by atoms with van der Waals surface area (Å²) >= 11 is 3.47. The highest BCUT2D eigenvalue weighted by Crippen LogP contribution is 2.39. The van der Waals surface area contributed by atoms with E-state index in [0.29, 0.717) is 5.92 Å². The van der Waals surface area contributed by atoms with Crippen LogP contribution in [0.2, 0.25) is 0 Å². The van der Waals surface area contributed by atoms with E-state index in [1.54, 1.807) is 6.20 Å². The van der Waals surface area contributed by atoms with Gasteiger partial charge in [-0.1, -0.05) is 0 Å². The molecule has 2 heterocycles. The summed E-state index contributed by atoms with van der Waals surface area (Å²) in [7, 11) is 0. The van der Waals surface area contributed by atoms with E-state index in [4.69, 9.17) is 0 Å². The lowest BCUT2D eigenvalue weighted by molar-refractivity contribution is 0.983. The molecule has 66 valence electrons. The van der Waals surface area contributed by atoms with Crippen LogP contribution in [0.5, 0.6) is 0 Å². The van der Waals surface area contributed by atoms with Crippen LogP contribution in [0.3, 0.4) is 0 Å². The van der Waals surface area contributed by atoms with Crippen LogP contribution >= 0.6 is 15.9 Å². The number of aromatic nitrogens is 3. The zero-order valence-corrected chi connectivity index (χ0v) is 8.50. The SMILES string of the molecule is Brc1ccnc2nc(C3CC3)[nH]c12. The van der Waals surface area contributed by atoms with Crippen LogP contribution in [-0.4, -0.2) is 15.0 Å². The molecule has 1 N–H and O–H groups in total. The Bertz CT molecular complexity index is 459. The fraction of sp³-hybridized carbons (Fsp3) is 0.333. The Labute approximate surface area is 83.7 Å². The van der Waals surface area contributed by atoms with Gasteiger partial charge in [0.05, 0.1) is 5.52 Å². The van der Waals surface area contributed by atoms with Crippen molar-refractivity contribution in [2.45, 2.75) is 18.8 Å². The van der Waals surface area contributed by atoms with Crippen LogP contribution in [0.1, 0.15) is 24.6 Å². The molecule has 1 aliphatic carbocycles. The molecular formula is C9H8BrN3. The number of hydrogen-bond donors (Lipinski definition) is 1. The number of fused-ring (bicyclic) bond motifs is 1. The average Bonchev–Trinajstić information content (AvgIpc) is 2.87. The second-order valence-corrected chi connectivity index (χ2v) is 4.24. The lowest BCUT2D eigenvalue weighted by Crippen LogP contribution is -1.79. The molecule has 3 rings (SSSR count). The second kappa shape index (κ2) is 2.54. The minimum Gasteiger partial charge on any atom is -0.339 e. The number of nitrogens with zero attached hydrogens (tertiary/aromatic N) is 2. The third-order valence-electron chi connectivity index (χ3n) is 2.32. The molecule has 0 amide bonds. The van der Waals surface area contributed by atoms with E-state index < -0.39 is 0 Å². The van der Waals surface area contributed by atoms with E-state index in [0.717, 1.165) is 21.5 Å². The first-order valence-corrected chi connectivity index (χ1v) is 5.14. The van der Waals surface area contributed by atoms with Crippen molar-refractivity contribution in [3.63, 3.8) is 0 Å². The van der Waals surface area contributed by atoms with Gasteiger partial charge in [-0.3, -0.25) is 0 Å². The summed E-state index contributed by atoms with van der Waals surface area (Å²) in [5, 5.41) is 0. The predicted octanol–water partition coefficient (Wildman–Crippen LogP) is 2.60. The van der Waals surface area contributed by atoms with Gasteiger partial charge < -0.3 is 4.98 Å². The summed E-state index contributed by atoms with van der Waals surface area (Å²) in [6.45, 7) is 0. The van der Waals surface area contributed by atoms with Crippen molar-refractivity contribution in [1.29, 1.82) is 0 Å². The van der Waals surface area contributed by atoms with Crippen LogP contribution in [0, 0.1) is 0 Å². The third kappa shape index (κ3) is 1.16. The van der Waals surface area contributed by atoms with Gasteiger partial charge in [0, 0.05) is 16.6 Å². The van der Waals surface area contributed by atoms with Crippen molar-refractivity contribution in [3.05, 3.63) is 22.6 Å². The van der Waals surface area contributed by atoms with Gasteiger partial charge in [-0.2, -0.15) is 0 Å². The van der Waals surface area contributed by atoms with Gasteiger partial charge in [-0.05, 0) is 34.8 Å². The normalized spacial score (nSPS) is 16.7. The number of nitrogens with one attached hydrogen (secondary N) is 1. The molecule has 0 saturated heterocycles. The Kier molecular flexibility index (Phi) is 1.47. The van der Waals surface area contributed by atoms with Gasteiger partial charge in [0.25, 0.3) is 0 Å². The zero-order chi connectivity index (χ0) is 8.84.